The molecule has 0 radical (unpaired) electrons. The summed E-state index contributed by atoms with van der Waals surface area (Å²) in [4.78, 5) is 64.0. The molecule has 1 aromatic heterocycles. The van der Waals surface area contributed by atoms with Crippen molar-refractivity contribution in [2.24, 2.45) is 23.7 Å². The fraction of sp³-hybridized carbons (Fsp3) is 0.293. The number of imide groups is 2. The van der Waals surface area contributed by atoms with Crippen LogP contribution in [0.1, 0.15) is 46.7 Å². The third-order valence-electron chi connectivity index (χ3n) is 11.7. The van der Waals surface area contributed by atoms with Gasteiger partial charge in [-0.15, -0.1) is 0 Å². The van der Waals surface area contributed by atoms with Gasteiger partial charge in [0.2, 0.25) is 11.8 Å². The van der Waals surface area contributed by atoms with Gasteiger partial charge in [0.15, 0.2) is 5.82 Å². The Hall–Kier alpha value is -5.20. The average Bonchev–Trinajstić information content (AvgIpc) is 3.54. The van der Waals surface area contributed by atoms with Crippen molar-refractivity contribution in [2.75, 3.05) is 17.0 Å². The second-order valence-electron chi connectivity index (χ2n) is 14.6. The second kappa shape index (κ2) is 12.9. The van der Waals surface area contributed by atoms with Gasteiger partial charge in [-0.3, -0.25) is 24.2 Å². The molecule has 55 heavy (non-hydrogen) atoms. The van der Waals surface area contributed by atoms with Crippen LogP contribution in [0.5, 0.6) is 5.75 Å². The Labute approximate surface area is 323 Å². The number of phenols is 1. The number of allylic oxidation sites excluding steroid dienone is 2. The number of phenolic OH excluding ortho intramolecular Hbond substituents is 1. The molecule has 6 atom stereocenters. The molecule has 1 N–H and O–H groups in total. The van der Waals surface area contributed by atoms with Gasteiger partial charge < -0.3 is 5.11 Å². The normalized spacial score (nSPS) is 26.2. The first-order valence-corrected chi connectivity index (χ1v) is 18.4. The van der Waals surface area contributed by atoms with Gasteiger partial charge in [-0.2, -0.15) is 18.2 Å². The van der Waals surface area contributed by atoms with Gasteiger partial charge in [-0.1, -0.05) is 83.4 Å². The molecule has 2 aliphatic heterocycles. The van der Waals surface area contributed by atoms with Crippen LogP contribution in [0.3, 0.4) is 0 Å². The third kappa shape index (κ3) is 5.39. The number of hydrogen-bond acceptors (Lipinski definition) is 7. The number of amides is 4. The van der Waals surface area contributed by atoms with Crippen molar-refractivity contribution in [1.82, 2.24) is 9.99 Å². The number of aromatic nitrogens is 1. The minimum Gasteiger partial charge on any atom is -0.507 e. The summed E-state index contributed by atoms with van der Waals surface area (Å²) < 4.78 is 41.1. The second-order valence-corrected chi connectivity index (χ2v) is 15.5. The molecule has 3 heterocycles. The number of carbonyl (C=O) groups is 4. The molecular weight excluding hydrogens is 756 g/mol. The summed E-state index contributed by atoms with van der Waals surface area (Å²) in [6, 6.07) is 20.8. The number of nitrogens with zero attached hydrogens (tertiary/aromatic N) is 4. The maximum absolute atomic E-state index is 15.4. The zero-order chi connectivity index (χ0) is 39.3. The lowest BCUT2D eigenvalue weighted by atomic mass is 9.49. The lowest BCUT2D eigenvalue weighted by molar-refractivity contribution is -0.141. The van der Waals surface area contributed by atoms with Crippen LogP contribution in [0.2, 0.25) is 10.0 Å². The van der Waals surface area contributed by atoms with E-state index in [4.69, 9.17) is 23.2 Å². The van der Waals surface area contributed by atoms with Gasteiger partial charge in [0, 0.05) is 18.0 Å². The monoisotopic (exact) mass is 788 g/mol. The van der Waals surface area contributed by atoms with Crippen molar-refractivity contribution in [1.29, 1.82) is 0 Å². The summed E-state index contributed by atoms with van der Waals surface area (Å²) in [6.07, 6.45) is -2.85. The molecule has 6 unspecified atom stereocenters. The number of rotatable bonds is 5. The predicted molar refractivity (Wildman–Crippen MR) is 198 cm³/mol. The van der Waals surface area contributed by atoms with E-state index in [1.165, 1.54) is 7.05 Å². The Bertz CT molecular complexity index is 2330. The minimum atomic E-state index is -4.82. The van der Waals surface area contributed by atoms with Crippen LogP contribution in [0.15, 0.2) is 90.5 Å². The van der Waals surface area contributed by atoms with E-state index >= 15 is 4.79 Å². The zero-order valence-electron chi connectivity index (χ0n) is 29.6. The first-order chi connectivity index (χ1) is 26.1. The molecule has 14 heteroatoms. The molecule has 2 aliphatic carbocycles. The Morgan fingerprint density at radius 1 is 0.873 bits per heavy atom. The predicted octanol–water partition coefficient (Wildman–Crippen LogP) is 7.94. The maximum atomic E-state index is 15.4. The highest BCUT2D eigenvalue weighted by atomic mass is 35.5. The number of hydrazine groups is 1. The van der Waals surface area contributed by atoms with Gasteiger partial charge in [0.1, 0.15) is 11.4 Å². The third-order valence-corrected chi connectivity index (χ3v) is 12.2. The van der Waals surface area contributed by atoms with E-state index in [0.717, 1.165) is 21.0 Å². The van der Waals surface area contributed by atoms with E-state index < -0.39 is 76.3 Å². The highest BCUT2D eigenvalue weighted by Gasteiger charge is 2.70. The van der Waals surface area contributed by atoms with Crippen LogP contribution >= 0.6 is 23.2 Å². The van der Waals surface area contributed by atoms with Crippen molar-refractivity contribution >= 4 is 58.3 Å². The molecule has 8 rings (SSSR count). The average molecular weight is 790 g/mol. The van der Waals surface area contributed by atoms with Crippen molar-refractivity contribution in [3.05, 3.63) is 129 Å². The highest BCUT2D eigenvalue weighted by molar-refractivity contribution is 6.33. The van der Waals surface area contributed by atoms with E-state index in [0.29, 0.717) is 38.9 Å². The largest absolute Gasteiger partial charge is 0.507 e. The summed E-state index contributed by atoms with van der Waals surface area (Å²) >= 11 is 12.7. The Morgan fingerprint density at radius 2 is 1.56 bits per heavy atom. The van der Waals surface area contributed by atoms with Crippen molar-refractivity contribution in [3.8, 4) is 5.75 Å². The standard InChI is InChI=1S/C41H33Cl2F3N4O5/c1-20-16-22(17-21(2)34(20)51)33-26-12-13-27-32(38(54)50(36(27)52)48(3)35-30(43)14-15-31(47-35)41(44,45)46)28(26)19-29-37(53)49(25-11-7-10-24(42)18-25)39(55)40(29,33)23-8-5-4-6-9-23/h4-12,14-18,27-29,32-33,51H,13,19H2,1-3H3. The van der Waals surface area contributed by atoms with Gasteiger partial charge in [-0.25, -0.2) is 9.88 Å². The molecule has 3 fully saturated rings. The van der Waals surface area contributed by atoms with Gasteiger partial charge in [-0.05, 0) is 85.2 Å². The van der Waals surface area contributed by atoms with E-state index in [1.807, 2.05) is 24.3 Å². The van der Waals surface area contributed by atoms with Crippen LogP contribution in [-0.2, 0) is 30.8 Å². The molecule has 282 valence electrons. The Morgan fingerprint density at radius 3 is 2.22 bits per heavy atom. The topological polar surface area (TPSA) is 111 Å². The number of benzene rings is 3. The fourth-order valence-electron chi connectivity index (χ4n) is 9.46. The van der Waals surface area contributed by atoms with E-state index in [2.05, 4.69) is 4.98 Å². The minimum absolute atomic E-state index is 0.00915. The van der Waals surface area contributed by atoms with Crippen LogP contribution in [0, 0.1) is 37.5 Å². The summed E-state index contributed by atoms with van der Waals surface area (Å²) in [5.74, 6) is -7.23. The fourth-order valence-corrected chi connectivity index (χ4v) is 9.88. The summed E-state index contributed by atoms with van der Waals surface area (Å²) in [7, 11) is 1.25. The van der Waals surface area contributed by atoms with Crippen molar-refractivity contribution < 1.29 is 37.5 Å². The highest BCUT2D eigenvalue weighted by Crippen LogP contribution is 2.64. The van der Waals surface area contributed by atoms with E-state index in [-0.39, 0.29) is 29.3 Å². The number of anilines is 2. The molecule has 1 saturated carbocycles. The zero-order valence-corrected chi connectivity index (χ0v) is 31.2. The van der Waals surface area contributed by atoms with Gasteiger partial charge in [0.05, 0.1) is 33.9 Å². The van der Waals surface area contributed by atoms with E-state index in [1.54, 1.807) is 62.4 Å². The summed E-state index contributed by atoms with van der Waals surface area (Å²) in [5, 5.41) is 12.7. The molecule has 0 bridgehead atoms. The molecule has 4 amide bonds. The van der Waals surface area contributed by atoms with Crippen LogP contribution < -0.4 is 9.91 Å². The van der Waals surface area contributed by atoms with Crippen molar-refractivity contribution in [3.63, 3.8) is 0 Å². The lowest BCUT2D eigenvalue weighted by Crippen LogP contribution is -2.53. The number of alkyl halides is 3. The Kier molecular flexibility index (Phi) is 8.65. The number of halogens is 5. The first kappa shape index (κ1) is 36.8. The lowest BCUT2D eigenvalue weighted by Gasteiger charge is -2.51. The smallest absolute Gasteiger partial charge is 0.433 e. The summed E-state index contributed by atoms with van der Waals surface area (Å²) in [5.41, 5.74) is 0.488. The maximum Gasteiger partial charge on any atom is 0.433 e. The van der Waals surface area contributed by atoms with Gasteiger partial charge in [0.25, 0.3) is 11.8 Å². The molecular formula is C41H33Cl2F3N4O5. The number of aromatic hydroxyl groups is 1. The molecule has 9 nitrogen and oxygen atoms in total. The first-order valence-electron chi connectivity index (χ1n) is 17.6. The summed E-state index contributed by atoms with van der Waals surface area (Å²) in [6.45, 7) is 3.48. The molecule has 4 aromatic rings. The quantitative estimate of drug-likeness (QED) is 0.162. The number of carbonyl (C=O) groups excluding carboxylic acids is 4. The number of aryl methyl sites for hydroxylation is 2. The number of pyridine rings is 1. The molecule has 2 saturated heterocycles. The SMILES string of the molecule is Cc1cc(C2C3=CCC4C(=O)N(N(C)c5nc(C(F)(F)F)ccc5Cl)C(=O)C4C3CC3C(=O)N(c4cccc(Cl)c4)C(=O)C32c2ccccc2)cc(C)c1O. The molecule has 4 aliphatic rings. The van der Waals surface area contributed by atoms with Crippen LogP contribution in [0.4, 0.5) is 24.7 Å². The Balaban J connectivity index is 1.31. The molecule has 0 spiro atoms. The van der Waals surface area contributed by atoms with Crippen LogP contribution in [0.25, 0.3) is 0 Å². The van der Waals surface area contributed by atoms with Crippen LogP contribution in [-0.4, -0.2) is 45.8 Å². The number of fused-ring (bicyclic) bond motifs is 4. The van der Waals surface area contributed by atoms with Gasteiger partial charge >= 0.3 is 6.18 Å². The molecule has 3 aromatic carbocycles. The van der Waals surface area contributed by atoms with Crippen molar-refractivity contribution in [2.45, 2.75) is 44.2 Å². The van der Waals surface area contributed by atoms with E-state index in [9.17, 15) is 32.7 Å². The number of hydrogen-bond donors (Lipinski definition) is 1.